The van der Waals surface area contributed by atoms with Crippen LogP contribution < -0.4 is 5.73 Å². The van der Waals surface area contributed by atoms with Crippen LogP contribution >= 0.6 is 11.6 Å². The molecule has 3 nitrogen and oxygen atoms in total. The van der Waals surface area contributed by atoms with Crippen LogP contribution in [0.15, 0.2) is 0 Å². The maximum atomic E-state index is 14.8. The number of nitrogens with two attached hydrogens (primary N) is 1. The van der Waals surface area contributed by atoms with Gasteiger partial charge in [-0.2, -0.15) is 0 Å². The SMILES string of the molecule is Cc1[nH]c2c(C(N)=O)c(F)c(F)c(C3CCCC(C)C3)c2c1Cl. The number of carbonyl (C=O) groups excluding carboxylic acids is 1. The standard InChI is InChI=1S/C17H19ClF2N2O/c1-7-4-3-5-9(6-7)10-11-13(18)8(2)22-16(11)12(17(21)23)15(20)14(10)19/h7,9,22H,3-6H2,1-2H3,(H2,21,23). The second-order valence-corrected chi connectivity index (χ2v) is 6.94. The molecule has 2 unspecified atom stereocenters. The van der Waals surface area contributed by atoms with Crippen molar-refractivity contribution >= 4 is 28.4 Å². The highest BCUT2D eigenvalue weighted by molar-refractivity contribution is 6.37. The summed E-state index contributed by atoms with van der Waals surface area (Å²) in [5.74, 6) is -2.85. The molecule has 0 bridgehead atoms. The first-order chi connectivity index (χ1) is 10.8. The molecule has 6 heteroatoms. The van der Waals surface area contributed by atoms with E-state index in [9.17, 15) is 13.6 Å². The predicted octanol–water partition coefficient (Wildman–Crippen LogP) is 4.80. The number of primary amides is 1. The maximum absolute atomic E-state index is 14.8. The van der Waals surface area contributed by atoms with Crippen molar-refractivity contribution < 1.29 is 13.6 Å². The van der Waals surface area contributed by atoms with E-state index >= 15 is 0 Å². The van der Waals surface area contributed by atoms with Gasteiger partial charge in [0.15, 0.2) is 11.6 Å². The van der Waals surface area contributed by atoms with Gasteiger partial charge in [0.25, 0.3) is 5.91 Å². The van der Waals surface area contributed by atoms with Crippen LogP contribution in [0.4, 0.5) is 8.78 Å². The van der Waals surface area contributed by atoms with Crippen molar-refractivity contribution in [2.75, 3.05) is 0 Å². The van der Waals surface area contributed by atoms with Crippen LogP contribution in [0, 0.1) is 24.5 Å². The Balaban J connectivity index is 2.35. The summed E-state index contributed by atoms with van der Waals surface area (Å²) in [5, 5.41) is 0.727. The lowest BCUT2D eigenvalue weighted by Gasteiger charge is -2.28. The number of halogens is 3. The van der Waals surface area contributed by atoms with E-state index in [4.69, 9.17) is 17.3 Å². The van der Waals surface area contributed by atoms with Gasteiger partial charge in [0.1, 0.15) is 5.56 Å². The minimum atomic E-state index is -1.18. The van der Waals surface area contributed by atoms with E-state index in [1.54, 1.807) is 6.92 Å². The average Bonchev–Trinajstić information content (AvgIpc) is 2.76. The summed E-state index contributed by atoms with van der Waals surface area (Å²) in [7, 11) is 0. The number of H-pyrrole nitrogens is 1. The van der Waals surface area contributed by atoms with Crippen LogP contribution in [0.3, 0.4) is 0 Å². The van der Waals surface area contributed by atoms with Gasteiger partial charge in [-0.3, -0.25) is 4.79 Å². The van der Waals surface area contributed by atoms with E-state index in [1.807, 2.05) is 0 Å². The van der Waals surface area contributed by atoms with Gasteiger partial charge >= 0.3 is 0 Å². The fourth-order valence-corrected chi connectivity index (χ4v) is 4.04. The third-order valence-corrected chi connectivity index (χ3v) is 5.34. The molecule has 1 aliphatic rings. The van der Waals surface area contributed by atoms with Gasteiger partial charge in [0, 0.05) is 16.6 Å². The second kappa shape index (κ2) is 5.78. The van der Waals surface area contributed by atoms with Gasteiger partial charge in [-0.1, -0.05) is 31.4 Å². The summed E-state index contributed by atoms with van der Waals surface area (Å²) in [4.78, 5) is 14.5. The van der Waals surface area contributed by atoms with E-state index in [0.29, 0.717) is 22.0 Å². The molecule has 1 aromatic heterocycles. The molecule has 0 spiro atoms. The molecule has 23 heavy (non-hydrogen) atoms. The van der Waals surface area contributed by atoms with Crippen LogP contribution in [0.25, 0.3) is 10.9 Å². The topological polar surface area (TPSA) is 58.9 Å². The normalized spacial score (nSPS) is 21.8. The molecule has 0 saturated heterocycles. The molecule has 2 aromatic rings. The number of rotatable bonds is 2. The molecule has 2 atom stereocenters. The molecule has 1 amide bonds. The molecule has 1 aliphatic carbocycles. The Kier molecular flexibility index (Phi) is 4.08. The smallest absolute Gasteiger partial charge is 0.253 e. The third kappa shape index (κ3) is 2.51. The second-order valence-electron chi connectivity index (χ2n) is 6.56. The van der Waals surface area contributed by atoms with Crippen molar-refractivity contribution in [1.29, 1.82) is 0 Å². The summed E-state index contributed by atoms with van der Waals surface area (Å²) in [6, 6.07) is 0. The van der Waals surface area contributed by atoms with Crippen molar-refractivity contribution in [3.8, 4) is 0 Å². The fraction of sp³-hybridized carbons (Fsp3) is 0.471. The predicted molar refractivity (Wildman–Crippen MR) is 86.9 cm³/mol. The molecule has 0 radical (unpaired) electrons. The van der Waals surface area contributed by atoms with Crippen molar-refractivity contribution in [1.82, 2.24) is 4.98 Å². The van der Waals surface area contributed by atoms with Crippen molar-refractivity contribution in [3.05, 3.63) is 33.5 Å². The van der Waals surface area contributed by atoms with Gasteiger partial charge in [0.05, 0.1) is 10.5 Å². The van der Waals surface area contributed by atoms with Crippen molar-refractivity contribution in [2.24, 2.45) is 11.7 Å². The molecule has 1 saturated carbocycles. The Morgan fingerprint density at radius 3 is 2.61 bits per heavy atom. The number of nitrogens with one attached hydrogen (secondary N) is 1. The van der Waals surface area contributed by atoms with Crippen LogP contribution in [0.1, 0.15) is 60.1 Å². The van der Waals surface area contributed by atoms with Crippen molar-refractivity contribution in [3.63, 3.8) is 0 Å². The minimum absolute atomic E-state index is 0.106. The number of hydrogen-bond acceptors (Lipinski definition) is 1. The zero-order chi connectivity index (χ0) is 16.9. The Hall–Kier alpha value is -1.62. The lowest BCUT2D eigenvalue weighted by atomic mass is 9.77. The number of aryl methyl sites for hydroxylation is 1. The molecule has 3 N–H and O–H groups in total. The lowest BCUT2D eigenvalue weighted by Crippen LogP contribution is -2.19. The monoisotopic (exact) mass is 340 g/mol. The Labute approximate surface area is 138 Å². The van der Waals surface area contributed by atoms with Gasteiger partial charge in [-0.05, 0) is 31.6 Å². The van der Waals surface area contributed by atoms with Crippen LogP contribution in [0.5, 0.6) is 0 Å². The van der Waals surface area contributed by atoms with Gasteiger partial charge < -0.3 is 10.7 Å². The number of carbonyl (C=O) groups is 1. The largest absolute Gasteiger partial charge is 0.365 e. The highest BCUT2D eigenvalue weighted by Crippen LogP contribution is 2.44. The maximum Gasteiger partial charge on any atom is 0.253 e. The summed E-state index contributed by atoms with van der Waals surface area (Å²) < 4.78 is 29.3. The molecule has 0 aliphatic heterocycles. The van der Waals surface area contributed by atoms with E-state index in [1.165, 1.54) is 0 Å². The molecular weight excluding hydrogens is 322 g/mol. The highest BCUT2D eigenvalue weighted by atomic mass is 35.5. The number of benzene rings is 1. The van der Waals surface area contributed by atoms with Crippen LogP contribution in [-0.4, -0.2) is 10.9 Å². The first-order valence-corrected chi connectivity index (χ1v) is 8.19. The number of hydrogen-bond donors (Lipinski definition) is 2. The van der Waals surface area contributed by atoms with E-state index < -0.39 is 23.1 Å². The number of aromatic amines is 1. The zero-order valence-corrected chi connectivity index (χ0v) is 13.9. The quantitative estimate of drug-likeness (QED) is 0.810. The molecule has 3 rings (SSSR count). The third-order valence-electron chi connectivity index (χ3n) is 4.87. The Morgan fingerprint density at radius 2 is 2.00 bits per heavy atom. The fourth-order valence-electron chi connectivity index (χ4n) is 3.80. The summed E-state index contributed by atoms with van der Waals surface area (Å²) in [6.07, 6.45) is 3.62. The van der Waals surface area contributed by atoms with E-state index in [2.05, 4.69) is 11.9 Å². The first kappa shape index (κ1) is 16.2. The van der Waals surface area contributed by atoms with Crippen LogP contribution in [-0.2, 0) is 0 Å². The number of fused-ring (bicyclic) bond motifs is 1. The Morgan fingerprint density at radius 1 is 1.30 bits per heavy atom. The van der Waals surface area contributed by atoms with E-state index in [0.717, 1.165) is 25.7 Å². The summed E-state index contributed by atoms with van der Waals surface area (Å²) in [5.41, 5.74) is 5.84. The van der Waals surface area contributed by atoms with Gasteiger partial charge in [0.2, 0.25) is 0 Å². The Bertz CT molecular complexity index is 800. The van der Waals surface area contributed by atoms with E-state index in [-0.39, 0.29) is 17.0 Å². The van der Waals surface area contributed by atoms with Crippen molar-refractivity contribution in [2.45, 2.75) is 45.4 Å². The van der Waals surface area contributed by atoms with Gasteiger partial charge in [-0.15, -0.1) is 0 Å². The molecule has 124 valence electrons. The summed E-state index contributed by atoms with van der Waals surface area (Å²) >= 11 is 6.33. The molecule has 1 heterocycles. The van der Waals surface area contributed by atoms with Gasteiger partial charge in [-0.25, -0.2) is 8.78 Å². The number of aromatic nitrogens is 1. The number of amides is 1. The molecule has 1 fully saturated rings. The van der Waals surface area contributed by atoms with Crippen LogP contribution in [0.2, 0.25) is 5.02 Å². The lowest BCUT2D eigenvalue weighted by molar-refractivity contribution is 0.0997. The molecule has 1 aromatic carbocycles. The zero-order valence-electron chi connectivity index (χ0n) is 13.1. The summed E-state index contributed by atoms with van der Waals surface area (Å²) in [6.45, 7) is 3.82. The highest BCUT2D eigenvalue weighted by Gasteiger charge is 2.32. The minimum Gasteiger partial charge on any atom is -0.365 e. The molecular formula is C17H19ClF2N2O. The average molecular weight is 341 g/mol. The first-order valence-electron chi connectivity index (χ1n) is 7.81.